The third-order valence-electron chi connectivity index (χ3n) is 4.04. The molecule has 1 saturated carbocycles. The number of carbonyl (C=O) groups excluding carboxylic acids is 1. The Morgan fingerprint density at radius 3 is 2.68 bits per heavy atom. The second-order valence-corrected chi connectivity index (χ2v) is 5.32. The van der Waals surface area contributed by atoms with Crippen molar-refractivity contribution in [2.75, 3.05) is 0 Å². The van der Waals surface area contributed by atoms with Gasteiger partial charge in [-0.3, -0.25) is 0 Å². The SMILES string of the molecule is CCC1CCCCC1OC(=O)[C@H](N)c1ccccc1. The molecule has 2 unspecified atom stereocenters. The molecule has 2 rings (SSSR count). The van der Waals surface area contributed by atoms with Crippen molar-refractivity contribution >= 4 is 5.97 Å². The predicted octanol–water partition coefficient (Wildman–Crippen LogP) is 3.20. The zero-order valence-electron chi connectivity index (χ0n) is 11.5. The minimum absolute atomic E-state index is 0.0565. The molecule has 1 aliphatic carbocycles. The largest absolute Gasteiger partial charge is 0.461 e. The van der Waals surface area contributed by atoms with E-state index in [0.717, 1.165) is 31.2 Å². The van der Waals surface area contributed by atoms with Crippen LogP contribution in [-0.4, -0.2) is 12.1 Å². The molecule has 19 heavy (non-hydrogen) atoms. The quantitative estimate of drug-likeness (QED) is 0.847. The number of carbonyl (C=O) groups is 1. The van der Waals surface area contributed by atoms with Gasteiger partial charge in [0.25, 0.3) is 0 Å². The van der Waals surface area contributed by atoms with Gasteiger partial charge in [0, 0.05) is 0 Å². The Bertz CT molecular complexity index is 404. The van der Waals surface area contributed by atoms with E-state index in [0.29, 0.717) is 5.92 Å². The highest BCUT2D eigenvalue weighted by Crippen LogP contribution is 2.30. The summed E-state index contributed by atoms with van der Waals surface area (Å²) in [5, 5.41) is 0. The van der Waals surface area contributed by atoms with Crippen LogP contribution in [0.15, 0.2) is 30.3 Å². The van der Waals surface area contributed by atoms with Crippen molar-refractivity contribution in [1.29, 1.82) is 0 Å². The summed E-state index contributed by atoms with van der Waals surface area (Å²) in [4.78, 5) is 12.1. The van der Waals surface area contributed by atoms with Crippen LogP contribution in [0.1, 0.15) is 50.6 Å². The van der Waals surface area contributed by atoms with Crippen molar-refractivity contribution < 1.29 is 9.53 Å². The lowest BCUT2D eigenvalue weighted by molar-refractivity contribution is -0.155. The summed E-state index contributed by atoms with van der Waals surface area (Å²) in [6.07, 6.45) is 5.66. The summed E-state index contributed by atoms with van der Waals surface area (Å²) >= 11 is 0. The number of benzene rings is 1. The standard InChI is InChI=1S/C16H23NO2/c1-2-12-8-6-7-11-14(12)19-16(18)15(17)13-9-4-3-5-10-13/h3-5,9-10,12,14-15H,2,6-8,11,17H2,1H3/t12?,14?,15-/m1/s1. The summed E-state index contributed by atoms with van der Waals surface area (Å²) in [5.41, 5.74) is 6.78. The smallest absolute Gasteiger partial charge is 0.327 e. The molecular weight excluding hydrogens is 238 g/mol. The molecule has 2 N–H and O–H groups in total. The Labute approximate surface area is 115 Å². The molecule has 1 aliphatic rings. The second-order valence-electron chi connectivity index (χ2n) is 5.32. The first-order valence-electron chi connectivity index (χ1n) is 7.23. The van der Waals surface area contributed by atoms with E-state index in [9.17, 15) is 4.79 Å². The van der Waals surface area contributed by atoms with Gasteiger partial charge in [0.05, 0.1) is 0 Å². The van der Waals surface area contributed by atoms with E-state index < -0.39 is 6.04 Å². The first-order valence-corrected chi connectivity index (χ1v) is 7.23. The third kappa shape index (κ3) is 3.57. The Morgan fingerprint density at radius 1 is 1.32 bits per heavy atom. The zero-order valence-corrected chi connectivity index (χ0v) is 11.5. The average Bonchev–Trinajstić information content (AvgIpc) is 2.48. The van der Waals surface area contributed by atoms with Crippen molar-refractivity contribution in [1.82, 2.24) is 0 Å². The van der Waals surface area contributed by atoms with Crippen LogP contribution in [0, 0.1) is 5.92 Å². The van der Waals surface area contributed by atoms with Crippen LogP contribution in [0.3, 0.4) is 0 Å². The zero-order chi connectivity index (χ0) is 13.7. The second kappa shape index (κ2) is 6.71. The topological polar surface area (TPSA) is 52.3 Å². The van der Waals surface area contributed by atoms with Gasteiger partial charge >= 0.3 is 5.97 Å². The first-order chi connectivity index (χ1) is 9.22. The lowest BCUT2D eigenvalue weighted by Gasteiger charge is -2.31. The summed E-state index contributed by atoms with van der Waals surface area (Å²) in [5.74, 6) is 0.206. The fourth-order valence-electron chi connectivity index (χ4n) is 2.81. The van der Waals surface area contributed by atoms with Crippen LogP contribution in [0.25, 0.3) is 0 Å². The molecule has 1 fully saturated rings. The summed E-state index contributed by atoms with van der Waals surface area (Å²) in [7, 11) is 0. The molecule has 3 nitrogen and oxygen atoms in total. The molecule has 3 heteroatoms. The lowest BCUT2D eigenvalue weighted by Crippen LogP contribution is -2.34. The molecule has 104 valence electrons. The van der Waals surface area contributed by atoms with Crippen molar-refractivity contribution in [2.45, 2.75) is 51.2 Å². The molecule has 0 spiro atoms. The summed E-state index contributed by atoms with van der Waals surface area (Å²) in [6.45, 7) is 2.16. The van der Waals surface area contributed by atoms with Crippen LogP contribution in [-0.2, 0) is 9.53 Å². The Morgan fingerprint density at radius 2 is 2.00 bits per heavy atom. The van der Waals surface area contributed by atoms with E-state index in [2.05, 4.69) is 6.92 Å². The number of rotatable bonds is 4. The molecule has 3 atom stereocenters. The van der Waals surface area contributed by atoms with Crippen molar-refractivity contribution in [3.8, 4) is 0 Å². The average molecular weight is 261 g/mol. The molecule has 0 aromatic heterocycles. The van der Waals surface area contributed by atoms with E-state index >= 15 is 0 Å². The van der Waals surface area contributed by atoms with Crippen molar-refractivity contribution in [3.05, 3.63) is 35.9 Å². The minimum atomic E-state index is -0.666. The normalized spacial score (nSPS) is 24.7. The molecule has 0 bridgehead atoms. The highest BCUT2D eigenvalue weighted by atomic mass is 16.5. The molecule has 1 aromatic carbocycles. The molecule has 1 aromatic rings. The van der Waals surface area contributed by atoms with E-state index in [1.807, 2.05) is 30.3 Å². The first kappa shape index (κ1) is 14.1. The van der Waals surface area contributed by atoms with Gasteiger partial charge in [0.15, 0.2) is 0 Å². The van der Waals surface area contributed by atoms with E-state index in [1.54, 1.807) is 0 Å². The van der Waals surface area contributed by atoms with Gasteiger partial charge in [-0.05, 0) is 37.2 Å². The summed E-state index contributed by atoms with van der Waals surface area (Å²) in [6, 6.07) is 8.75. The van der Waals surface area contributed by atoms with Gasteiger partial charge in [-0.15, -0.1) is 0 Å². The molecule has 0 amide bonds. The minimum Gasteiger partial charge on any atom is -0.461 e. The highest BCUT2D eigenvalue weighted by molar-refractivity contribution is 5.77. The van der Waals surface area contributed by atoms with Crippen LogP contribution in [0.2, 0.25) is 0 Å². The molecule has 0 saturated heterocycles. The summed E-state index contributed by atoms with van der Waals surface area (Å²) < 4.78 is 5.65. The highest BCUT2D eigenvalue weighted by Gasteiger charge is 2.29. The Kier molecular flexibility index (Phi) is 4.97. The number of hydrogen-bond donors (Lipinski definition) is 1. The maximum Gasteiger partial charge on any atom is 0.327 e. The molecule has 0 heterocycles. The van der Waals surface area contributed by atoms with Crippen LogP contribution < -0.4 is 5.73 Å². The van der Waals surface area contributed by atoms with Crippen molar-refractivity contribution in [2.24, 2.45) is 11.7 Å². The van der Waals surface area contributed by atoms with Gasteiger partial charge in [-0.2, -0.15) is 0 Å². The van der Waals surface area contributed by atoms with E-state index in [1.165, 1.54) is 6.42 Å². The Hall–Kier alpha value is -1.35. The van der Waals surface area contributed by atoms with Gasteiger partial charge in [0.1, 0.15) is 12.1 Å². The fourth-order valence-corrected chi connectivity index (χ4v) is 2.81. The maximum absolute atomic E-state index is 12.1. The predicted molar refractivity (Wildman–Crippen MR) is 75.5 cm³/mol. The molecular formula is C16H23NO2. The van der Waals surface area contributed by atoms with E-state index in [4.69, 9.17) is 10.5 Å². The monoisotopic (exact) mass is 261 g/mol. The number of ether oxygens (including phenoxy) is 1. The van der Waals surface area contributed by atoms with Crippen molar-refractivity contribution in [3.63, 3.8) is 0 Å². The Balaban J connectivity index is 1.96. The van der Waals surface area contributed by atoms with Crippen LogP contribution in [0.4, 0.5) is 0 Å². The van der Waals surface area contributed by atoms with Gasteiger partial charge in [-0.25, -0.2) is 4.79 Å². The van der Waals surface area contributed by atoms with E-state index in [-0.39, 0.29) is 12.1 Å². The number of nitrogens with two attached hydrogens (primary N) is 1. The number of esters is 1. The van der Waals surface area contributed by atoms with Crippen LogP contribution >= 0.6 is 0 Å². The van der Waals surface area contributed by atoms with Gasteiger partial charge < -0.3 is 10.5 Å². The van der Waals surface area contributed by atoms with Gasteiger partial charge in [0.2, 0.25) is 0 Å². The van der Waals surface area contributed by atoms with Crippen LogP contribution in [0.5, 0.6) is 0 Å². The third-order valence-corrected chi connectivity index (χ3v) is 4.04. The van der Waals surface area contributed by atoms with Gasteiger partial charge in [-0.1, -0.05) is 43.7 Å². The lowest BCUT2D eigenvalue weighted by atomic mass is 9.84. The maximum atomic E-state index is 12.1. The number of hydrogen-bond acceptors (Lipinski definition) is 3. The molecule has 0 aliphatic heterocycles. The molecule has 0 radical (unpaired) electrons. The fraction of sp³-hybridized carbons (Fsp3) is 0.562.